The molecule has 3 N–H and O–H groups in total. The fraction of sp³-hybridized carbons (Fsp3) is 0.0909. The number of carboxylic acid groups (broad SMARTS) is 1. The van der Waals surface area contributed by atoms with E-state index in [9.17, 15) is 14.7 Å². The minimum atomic E-state index is -0.977. The zero-order valence-corrected chi connectivity index (χ0v) is 23.6. The Morgan fingerprint density at radius 2 is 1.60 bits per heavy atom. The first-order chi connectivity index (χ1) is 21.0. The third-order valence-corrected chi connectivity index (χ3v) is 7.43. The molecular formula is C33H27N5O4S. The number of rotatable bonds is 9. The maximum atomic E-state index is 12.5. The minimum Gasteiger partial charge on any atom is -0.484 e. The molecule has 2 atom stereocenters. The molecule has 5 aromatic rings. The van der Waals surface area contributed by atoms with Crippen molar-refractivity contribution in [3.05, 3.63) is 139 Å². The zero-order chi connectivity index (χ0) is 29.8. The number of nitrogens with one attached hydrogen (secondary N) is 2. The predicted molar refractivity (Wildman–Crippen MR) is 168 cm³/mol. The Morgan fingerprint density at radius 3 is 2.30 bits per heavy atom. The van der Waals surface area contributed by atoms with Crippen molar-refractivity contribution in [2.24, 2.45) is 0 Å². The number of pyridine rings is 1. The van der Waals surface area contributed by atoms with E-state index in [2.05, 4.69) is 15.6 Å². The lowest BCUT2D eigenvalue weighted by Gasteiger charge is -2.29. The number of aromatic nitrogens is 2. The lowest BCUT2D eigenvalue weighted by Crippen LogP contribution is -2.30. The van der Waals surface area contributed by atoms with Gasteiger partial charge in [0.15, 0.2) is 11.7 Å². The van der Waals surface area contributed by atoms with E-state index in [-0.39, 0.29) is 30.2 Å². The van der Waals surface area contributed by atoms with Crippen LogP contribution in [-0.2, 0) is 4.79 Å². The van der Waals surface area contributed by atoms with Gasteiger partial charge in [-0.2, -0.15) is 0 Å². The number of amides is 1. The van der Waals surface area contributed by atoms with Gasteiger partial charge in [0.1, 0.15) is 11.8 Å². The number of aromatic carboxylic acids is 1. The first-order valence-electron chi connectivity index (χ1n) is 13.6. The molecule has 0 saturated carbocycles. The molecule has 214 valence electrons. The van der Waals surface area contributed by atoms with E-state index >= 15 is 0 Å². The normalized spacial score (nSPS) is 16.0. The van der Waals surface area contributed by atoms with Gasteiger partial charge in [-0.15, -0.1) is 0 Å². The Labute approximate surface area is 253 Å². The van der Waals surface area contributed by atoms with Gasteiger partial charge in [0, 0.05) is 35.1 Å². The van der Waals surface area contributed by atoms with Crippen LogP contribution in [0.15, 0.2) is 122 Å². The molecule has 43 heavy (non-hydrogen) atoms. The number of hydrogen-bond donors (Lipinski definition) is 3. The molecule has 2 aromatic heterocycles. The largest absolute Gasteiger partial charge is 0.484 e. The maximum absolute atomic E-state index is 12.5. The van der Waals surface area contributed by atoms with E-state index in [0.717, 1.165) is 22.8 Å². The Kier molecular flexibility index (Phi) is 7.84. The average molecular weight is 590 g/mol. The summed E-state index contributed by atoms with van der Waals surface area (Å²) in [5.74, 6) is -0.622. The van der Waals surface area contributed by atoms with Gasteiger partial charge in [-0.05, 0) is 97.1 Å². The van der Waals surface area contributed by atoms with Crippen molar-refractivity contribution in [1.29, 1.82) is 0 Å². The summed E-state index contributed by atoms with van der Waals surface area (Å²) in [5.41, 5.74) is 4.25. The minimum absolute atomic E-state index is 0.107. The number of carbonyl (C=O) groups is 2. The molecule has 1 aliphatic heterocycles. The summed E-state index contributed by atoms with van der Waals surface area (Å²) in [6.07, 6.45) is 3.69. The van der Waals surface area contributed by atoms with Crippen molar-refractivity contribution in [3.8, 4) is 11.4 Å². The molecule has 9 nitrogen and oxygen atoms in total. The van der Waals surface area contributed by atoms with Gasteiger partial charge in [-0.3, -0.25) is 9.78 Å². The second kappa shape index (κ2) is 12.2. The van der Waals surface area contributed by atoms with Gasteiger partial charge in [0.2, 0.25) is 0 Å². The van der Waals surface area contributed by atoms with Gasteiger partial charge >= 0.3 is 5.97 Å². The number of carboxylic acids is 1. The predicted octanol–water partition coefficient (Wildman–Crippen LogP) is 5.77. The molecule has 1 fully saturated rings. The second-order valence-corrected chi connectivity index (χ2v) is 10.2. The van der Waals surface area contributed by atoms with Gasteiger partial charge in [-0.1, -0.05) is 24.3 Å². The summed E-state index contributed by atoms with van der Waals surface area (Å²) >= 11 is 5.87. The number of hydrogen-bond acceptors (Lipinski definition) is 5. The highest BCUT2D eigenvalue weighted by molar-refractivity contribution is 7.80. The fourth-order valence-corrected chi connectivity index (χ4v) is 5.48. The summed E-state index contributed by atoms with van der Waals surface area (Å²) in [6.45, 7) is -0.107. The lowest BCUT2D eigenvalue weighted by molar-refractivity contribution is -0.118. The number of carbonyl (C=O) groups excluding carboxylic acids is 1. The molecule has 6 rings (SSSR count). The van der Waals surface area contributed by atoms with Gasteiger partial charge < -0.3 is 29.9 Å². The molecule has 1 saturated heterocycles. The quantitative estimate of drug-likeness (QED) is 0.186. The van der Waals surface area contributed by atoms with Crippen LogP contribution in [0.4, 0.5) is 11.4 Å². The van der Waals surface area contributed by atoms with Crippen molar-refractivity contribution < 1.29 is 19.4 Å². The highest BCUT2D eigenvalue weighted by atomic mass is 32.1. The van der Waals surface area contributed by atoms with Crippen LogP contribution >= 0.6 is 12.2 Å². The molecule has 1 aliphatic rings. The summed E-state index contributed by atoms with van der Waals surface area (Å²) in [6, 6.07) is 32.6. The summed E-state index contributed by atoms with van der Waals surface area (Å²) in [4.78, 5) is 30.6. The van der Waals surface area contributed by atoms with Crippen LogP contribution in [-0.4, -0.2) is 38.3 Å². The van der Waals surface area contributed by atoms with Crippen LogP contribution in [0, 0.1) is 0 Å². The van der Waals surface area contributed by atoms with E-state index < -0.39 is 5.97 Å². The second-order valence-electron chi connectivity index (χ2n) is 9.85. The standard InChI is InChI=1S/C33H27N5O4S/c39-29(21-42-26-7-2-1-3-8-26)35-23-13-17-25(18-14-23)38-31(30(36-33(38)43)27-9-4-5-19-34-27)28-10-6-20-37(28)24-15-11-22(12-16-24)32(40)41/h1-20,30-31H,21H2,(H,35,39)(H,36,43)(H,40,41). The van der Waals surface area contributed by atoms with Crippen molar-refractivity contribution in [2.45, 2.75) is 12.1 Å². The Balaban J connectivity index is 1.29. The number of thiocarbonyl (C=S) groups is 1. The number of ether oxygens (including phenoxy) is 1. The van der Waals surface area contributed by atoms with Gasteiger partial charge in [0.05, 0.1) is 17.3 Å². The monoisotopic (exact) mass is 589 g/mol. The molecule has 1 amide bonds. The Hall–Kier alpha value is -5.48. The van der Waals surface area contributed by atoms with Crippen molar-refractivity contribution in [3.63, 3.8) is 0 Å². The first-order valence-corrected chi connectivity index (χ1v) is 14.0. The smallest absolute Gasteiger partial charge is 0.335 e. The molecule has 3 heterocycles. The van der Waals surface area contributed by atoms with Gasteiger partial charge in [0.25, 0.3) is 5.91 Å². The molecule has 0 spiro atoms. The molecule has 0 radical (unpaired) electrons. The molecule has 10 heteroatoms. The van der Waals surface area contributed by atoms with E-state index in [4.69, 9.17) is 17.0 Å². The fourth-order valence-electron chi connectivity index (χ4n) is 5.14. The third kappa shape index (κ3) is 5.95. The van der Waals surface area contributed by atoms with Gasteiger partial charge in [-0.25, -0.2) is 4.79 Å². The van der Waals surface area contributed by atoms with E-state index in [0.29, 0.717) is 16.5 Å². The van der Waals surface area contributed by atoms with E-state index in [1.54, 1.807) is 42.6 Å². The zero-order valence-electron chi connectivity index (χ0n) is 22.8. The average Bonchev–Trinajstić information content (AvgIpc) is 3.66. The molecular weight excluding hydrogens is 562 g/mol. The number of para-hydroxylation sites is 1. The SMILES string of the molecule is O=C(COc1ccccc1)Nc1ccc(N2C(=S)NC(c3ccccn3)C2c2cccn2-c2ccc(C(=O)O)cc2)cc1. The van der Waals surface area contributed by atoms with Crippen molar-refractivity contribution in [2.75, 3.05) is 16.8 Å². The van der Waals surface area contributed by atoms with Crippen LogP contribution in [0.5, 0.6) is 5.75 Å². The highest BCUT2D eigenvalue weighted by Crippen LogP contribution is 2.42. The van der Waals surface area contributed by atoms with Crippen LogP contribution in [0.1, 0.15) is 33.8 Å². The molecule has 3 aromatic carbocycles. The van der Waals surface area contributed by atoms with E-state index in [1.165, 1.54) is 0 Å². The first kappa shape index (κ1) is 27.7. The molecule has 0 aliphatic carbocycles. The molecule has 0 bridgehead atoms. The van der Waals surface area contributed by atoms with Crippen LogP contribution in [0.25, 0.3) is 5.69 Å². The lowest BCUT2D eigenvalue weighted by atomic mass is 10.0. The third-order valence-electron chi connectivity index (χ3n) is 7.12. The summed E-state index contributed by atoms with van der Waals surface area (Å²) in [7, 11) is 0. The topological polar surface area (TPSA) is 109 Å². The Morgan fingerprint density at radius 1 is 0.884 bits per heavy atom. The maximum Gasteiger partial charge on any atom is 0.335 e. The highest BCUT2D eigenvalue weighted by Gasteiger charge is 2.42. The summed E-state index contributed by atoms with van der Waals surface area (Å²) in [5, 5.41) is 16.2. The molecule has 2 unspecified atom stereocenters. The van der Waals surface area contributed by atoms with Crippen LogP contribution in [0.3, 0.4) is 0 Å². The summed E-state index contributed by atoms with van der Waals surface area (Å²) < 4.78 is 7.58. The number of anilines is 2. The van der Waals surface area contributed by atoms with Crippen molar-refractivity contribution in [1.82, 2.24) is 14.9 Å². The number of benzene rings is 3. The van der Waals surface area contributed by atoms with Crippen LogP contribution in [0.2, 0.25) is 0 Å². The van der Waals surface area contributed by atoms with Crippen molar-refractivity contribution >= 4 is 40.6 Å². The van der Waals surface area contributed by atoms with E-state index in [1.807, 2.05) is 88.5 Å². The Bertz CT molecular complexity index is 1740. The van der Waals surface area contributed by atoms with Crippen LogP contribution < -0.4 is 20.3 Å². The number of nitrogens with zero attached hydrogens (tertiary/aromatic N) is 3.